The number of para-hydroxylation sites is 1. The molecular formula is C31H31N3O2. The van der Waals surface area contributed by atoms with Crippen molar-refractivity contribution < 1.29 is 9.53 Å². The number of benzene rings is 3. The van der Waals surface area contributed by atoms with Gasteiger partial charge in [0.05, 0.1) is 12.2 Å². The molecule has 1 unspecified atom stereocenters. The van der Waals surface area contributed by atoms with Crippen LogP contribution in [0.1, 0.15) is 44.9 Å². The van der Waals surface area contributed by atoms with Crippen LogP contribution in [0, 0.1) is 27.7 Å². The van der Waals surface area contributed by atoms with Crippen LogP contribution in [-0.2, 0) is 6.42 Å². The Balaban J connectivity index is 1.47. The Morgan fingerprint density at radius 2 is 1.64 bits per heavy atom. The molecule has 3 aromatic carbocycles. The van der Waals surface area contributed by atoms with E-state index in [0.29, 0.717) is 23.8 Å². The Hall–Kier alpha value is -3.99. The molecule has 36 heavy (non-hydrogen) atoms. The number of fused-ring (bicyclic) bond motifs is 1. The highest BCUT2D eigenvalue weighted by Crippen LogP contribution is 2.31. The van der Waals surface area contributed by atoms with Crippen LogP contribution in [0.5, 0.6) is 5.88 Å². The molecule has 0 bridgehead atoms. The normalized spacial score (nSPS) is 15.2. The molecular weight excluding hydrogens is 446 g/mol. The second-order valence-corrected chi connectivity index (χ2v) is 9.60. The highest BCUT2D eigenvalue weighted by atomic mass is 16.5. The maximum atomic E-state index is 13.7. The third-order valence-electron chi connectivity index (χ3n) is 6.75. The summed E-state index contributed by atoms with van der Waals surface area (Å²) in [6.07, 6.45) is 1.41. The Bertz CT molecular complexity index is 1410. The van der Waals surface area contributed by atoms with Crippen molar-refractivity contribution in [1.29, 1.82) is 0 Å². The molecule has 0 N–H and O–H groups in total. The number of hydrogen-bond donors (Lipinski definition) is 0. The first kappa shape index (κ1) is 23.7. The van der Waals surface area contributed by atoms with E-state index in [0.717, 1.165) is 40.9 Å². The van der Waals surface area contributed by atoms with Gasteiger partial charge in [0, 0.05) is 22.9 Å². The number of nitrogens with zero attached hydrogens (tertiary/aromatic N) is 3. The maximum absolute atomic E-state index is 13.7. The minimum atomic E-state index is -0.203. The summed E-state index contributed by atoms with van der Waals surface area (Å²) in [4.78, 5) is 24.8. The number of hydrogen-bond acceptors (Lipinski definition) is 4. The van der Waals surface area contributed by atoms with Gasteiger partial charge in [-0.05, 0) is 75.4 Å². The fourth-order valence-corrected chi connectivity index (χ4v) is 5.04. The van der Waals surface area contributed by atoms with Crippen LogP contribution in [-0.4, -0.2) is 28.5 Å². The van der Waals surface area contributed by atoms with E-state index < -0.39 is 0 Å². The van der Waals surface area contributed by atoms with Crippen molar-refractivity contribution >= 4 is 11.6 Å². The number of aromatic nitrogens is 2. The van der Waals surface area contributed by atoms with Gasteiger partial charge in [0.1, 0.15) is 11.9 Å². The van der Waals surface area contributed by atoms with Gasteiger partial charge in [-0.2, -0.15) is 4.98 Å². The van der Waals surface area contributed by atoms with Crippen LogP contribution in [0.3, 0.4) is 0 Å². The van der Waals surface area contributed by atoms with Crippen LogP contribution >= 0.6 is 0 Å². The molecule has 5 nitrogen and oxygen atoms in total. The number of ether oxygens (including phenoxy) is 1. The average molecular weight is 478 g/mol. The summed E-state index contributed by atoms with van der Waals surface area (Å²) < 4.78 is 6.48. The number of aryl methyl sites for hydroxylation is 5. The fraction of sp³-hybridized carbons (Fsp3) is 0.258. The monoisotopic (exact) mass is 477 g/mol. The number of carbonyl (C=O) groups is 1. The minimum Gasteiger partial charge on any atom is -0.472 e. The molecule has 1 aliphatic rings. The lowest BCUT2D eigenvalue weighted by atomic mass is 10.00. The maximum Gasteiger partial charge on any atom is 0.258 e. The molecule has 1 aromatic heterocycles. The van der Waals surface area contributed by atoms with E-state index in [1.165, 1.54) is 11.1 Å². The fourth-order valence-electron chi connectivity index (χ4n) is 5.04. The molecule has 0 aliphatic carbocycles. The van der Waals surface area contributed by atoms with E-state index in [-0.39, 0.29) is 12.0 Å². The lowest BCUT2D eigenvalue weighted by molar-refractivity contribution is 0.0968. The molecule has 182 valence electrons. The predicted molar refractivity (Wildman–Crippen MR) is 144 cm³/mol. The average Bonchev–Trinajstić information content (AvgIpc) is 3.03. The Kier molecular flexibility index (Phi) is 6.55. The van der Waals surface area contributed by atoms with E-state index >= 15 is 0 Å². The molecule has 0 fully saturated rings. The van der Waals surface area contributed by atoms with Gasteiger partial charge in [-0.3, -0.25) is 4.79 Å². The zero-order chi connectivity index (χ0) is 25.2. The highest BCUT2D eigenvalue weighted by molar-refractivity contribution is 6.06. The van der Waals surface area contributed by atoms with Gasteiger partial charge in [0.25, 0.3) is 5.91 Å². The van der Waals surface area contributed by atoms with Crippen LogP contribution in [0.25, 0.3) is 11.3 Å². The molecule has 2 heterocycles. The van der Waals surface area contributed by atoms with E-state index in [9.17, 15) is 4.79 Å². The van der Waals surface area contributed by atoms with Gasteiger partial charge >= 0.3 is 0 Å². The Morgan fingerprint density at radius 1 is 0.889 bits per heavy atom. The summed E-state index contributed by atoms with van der Waals surface area (Å²) in [5.41, 5.74) is 8.14. The zero-order valence-corrected chi connectivity index (χ0v) is 21.3. The van der Waals surface area contributed by atoms with E-state index in [1.54, 1.807) is 0 Å². The van der Waals surface area contributed by atoms with Crippen molar-refractivity contribution in [1.82, 2.24) is 9.97 Å². The van der Waals surface area contributed by atoms with Crippen molar-refractivity contribution in [3.8, 4) is 17.1 Å². The summed E-state index contributed by atoms with van der Waals surface area (Å²) >= 11 is 0. The molecule has 0 radical (unpaired) electrons. The zero-order valence-electron chi connectivity index (χ0n) is 21.3. The van der Waals surface area contributed by atoms with Crippen molar-refractivity contribution in [2.75, 3.05) is 11.4 Å². The van der Waals surface area contributed by atoms with Gasteiger partial charge in [-0.1, -0.05) is 54.1 Å². The highest BCUT2D eigenvalue weighted by Gasteiger charge is 2.28. The molecule has 0 spiro atoms. The first-order chi connectivity index (χ1) is 17.4. The van der Waals surface area contributed by atoms with E-state index in [4.69, 9.17) is 9.72 Å². The lowest BCUT2D eigenvalue weighted by Crippen LogP contribution is -2.39. The SMILES string of the molecule is Cc1cccc(C(=O)N2CC(Oc3cc(-c4c(C)cccc4C)nc(C)n3)CCc3ccccc32)c1. The van der Waals surface area contributed by atoms with Gasteiger partial charge in [0.2, 0.25) is 5.88 Å². The van der Waals surface area contributed by atoms with Crippen LogP contribution < -0.4 is 9.64 Å². The topological polar surface area (TPSA) is 55.3 Å². The quantitative estimate of drug-likeness (QED) is 0.340. The number of anilines is 1. The number of amides is 1. The van der Waals surface area contributed by atoms with Gasteiger partial charge in [0.15, 0.2) is 0 Å². The lowest BCUT2D eigenvalue weighted by Gasteiger charge is -2.26. The molecule has 1 atom stereocenters. The van der Waals surface area contributed by atoms with Crippen molar-refractivity contribution in [2.24, 2.45) is 0 Å². The van der Waals surface area contributed by atoms with Crippen LogP contribution in [0.4, 0.5) is 5.69 Å². The Labute approximate surface area is 212 Å². The Morgan fingerprint density at radius 3 is 2.42 bits per heavy atom. The van der Waals surface area contributed by atoms with Crippen molar-refractivity contribution in [2.45, 2.75) is 46.6 Å². The standard InChI is InChI=1S/C31H31N3O2/c1-20-9-7-13-25(17-20)31(35)34-19-26(16-15-24-12-5-6-14-28(24)34)36-29-18-27(32-23(4)33-29)30-21(2)10-8-11-22(30)3/h5-14,17-18,26H,15-16,19H2,1-4H3. The van der Waals surface area contributed by atoms with Gasteiger partial charge in [-0.15, -0.1) is 0 Å². The smallest absolute Gasteiger partial charge is 0.258 e. The third-order valence-corrected chi connectivity index (χ3v) is 6.75. The second-order valence-electron chi connectivity index (χ2n) is 9.60. The van der Waals surface area contributed by atoms with Crippen LogP contribution in [0.15, 0.2) is 72.8 Å². The third kappa shape index (κ3) is 4.87. The second kappa shape index (κ2) is 9.94. The summed E-state index contributed by atoms with van der Waals surface area (Å²) in [5.74, 6) is 1.19. The molecule has 4 aromatic rings. The number of carbonyl (C=O) groups excluding carboxylic acids is 1. The largest absolute Gasteiger partial charge is 0.472 e. The minimum absolute atomic E-state index is 0.0169. The first-order valence-corrected chi connectivity index (χ1v) is 12.4. The summed E-state index contributed by atoms with van der Waals surface area (Å²) in [6, 6.07) is 24.1. The molecule has 0 saturated carbocycles. The van der Waals surface area contributed by atoms with Crippen molar-refractivity contribution in [3.05, 3.63) is 106 Å². The van der Waals surface area contributed by atoms with Gasteiger partial charge in [-0.25, -0.2) is 4.98 Å². The van der Waals surface area contributed by atoms with Gasteiger partial charge < -0.3 is 9.64 Å². The predicted octanol–water partition coefficient (Wildman–Crippen LogP) is 6.42. The molecule has 1 aliphatic heterocycles. The molecule has 0 saturated heterocycles. The van der Waals surface area contributed by atoms with E-state index in [2.05, 4.69) is 43.1 Å². The summed E-state index contributed by atoms with van der Waals surface area (Å²) in [5, 5.41) is 0. The molecule has 5 rings (SSSR count). The van der Waals surface area contributed by atoms with Crippen LogP contribution in [0.2, 0.25) is 0 Å². The molecule has 1 amide bonds. The first-order valence-electron chi connectivity index (χ1n) is 12.4. The molecule has 5 heteroatoms. The number of rotatable bonds is 4. The summed E-state index contributed by atoms with van der Waals surface area (Å²) in [7, 11) is 0. The van der Waals surface area contributed by atoms with Crippen molar-refractivity contribution in [3.63, 3.8) is 0 Å². The summed E-state index contributed by atoms with van der Waals surface area (Å²) in [6.45, 7) is 8.53. The van der Waals surface area contributed by atoms with E-state index in [1.807, 2.05) is 67.3 Å².